The highest BCUT2D eigenvalue weighted by molar-refractivity contribution is 7.32. The third kappa shape index (κ3) is 6.35. The van der Waals surface area contributed by atoms with Gasteiger partial charge in [-0.25, -0.2) is 15.0 Å². The van der Waals surface area contributed by atoms with E-state index in [4.69, 9.17) is 39.4 Å². The Morgan fingerprint density at radius 2 is 2.05 bits per heavy atom. The van der Waals surface area contributed by atoms with Crippen LogP contribution in [0.25, 0.3) is 11.2 Å². The van der Waals surface area contributed by atoms with Crippen molar-refractivity contribution in [3.05, 3.63) is 29.1 Å². The summed E-state index contributed by atoms with van der Waals surface area (Å²) in [7, 11) is -3.53. The van der Waals surface area contributed by atoms with Gasteiger partial charge in [0.05, 0.1) is 19.0 Å². The Morgan fingerprint density at radius 1 is 1.23 bits per heavy atom. The largest absolute Gasteiger partial charge is 0.694 e. The highest BCUT2D eigenvalue weighted by Crippen LogP contribution is 2.39. The highest BCUT2D eigenvalue weighted by Gasteiger charge is 2.48. The SMILES string of the molecule is Nc1cc(O[C@@H]2C[C@H](COPO[C@@H]3[C@H](O)[C@@H](CO[P+](=O)O)O[C@H]3n3cnc4c(=O)[nH]c(N)nc43)[C@@H](O)C2)ncn1. The van der Waals surface area contributed by atoms with Crippen LogP contribution in [0, 0.1) is 5.92 Å². The quantitative estimate of drug-likeness (QED) is 0.115. The molecule has 0 radical (unpaired) electrons. The maximum atomic E-state index is 12.2. The van der Waals surface area contributed by atoms with Gasteiger partial charge in [0.15, 0.2) is 26.4 Å². The molecule has 8 N–H and O–H groups in total. The van der Waals surface area contributed by atoms with Crippen LogP contribution in [-0.4, -0.2) is 88.3 Å². The molecule has 9 atom stereocenters. The van der Waals surface area contributed by atoms with Crippen molar-refractivity contribution in [2.75, 3.05) is 24.7 Å². The van der Waals surface area contributed by atoms with Crippen molar-refractivity contribution in [3.8, 4) is 5.88 Å². The lowest BCUT2D eigenvalue weighted by Gasteiger charge is -2.22. The van der Waals surface area contributed by atoms with Crippen molar-refractivity contribution in [2.45, 2.75) is 49.6 Å². The number of aromatic amines is 1. The van der Waals surface area contributed by atoms with E-state index >= 15 is 0 Å². The molecule has 3 aromatic rings. The number of aliphatic hydroxyl groups excluding tert-OH is 2. The second-order valence-corrected chi connectivity index (χ2v) is 10.6. The molecular formula is C20H27N8O10P2+. The predicted molar refractivity (Wildman–Crippen MR) is 137 cm³/mol. The number of anilines is 2. The first-order chi connectivity index (χ1) is 19.2. The molecule has 0 bridgehead atoms. The monoisotopic (exact) mass is 601 g/mol. The molecule has 1 saturated heterocycles. The van der Waals surface area contributed by atoms with Crippen LogP contribution in [0.15, 0.2) is 23.5 Å². The number of hydrogen-bond acceptors (Lipinski definition) is 15. The van der Waals surface area contributed by atoms with Gasteiger partial charge < -0.3 is 40.2 Å². The first kappa shape index (κ1) is 28.6. The van der Waals surface area contributed by atoms with Gasteiger partial charge in [0, 0.05) is 23.0 Å². The summed E-state index contributed by atoms with van der Waals surface area (Å²) in [5.41, 5.74) is 10.8. The number of nitrogens with zero attached hydrogens (tertiary/aromatic N) is 5. The van der Waals surface area contributed by atoms with Crippen LogP contribution >= 0.6 is 17.3 Å². The summed E-state index contributed by atoms with van der Waals surface area (Å²) >= 11 is 0. The number of nitrogens with two attached hydrogens (primary N) is 2. The third-order valence-corrected chi connectivity index (χ3v) is 7.51. The van der Waals surface area contributed by atoms with Gasteiger partial charge in [0.2, 0.25) is 11.8 Å². The maximum absolute atomic E-state index is 12.2. The molecule has 1 aliphatic heterocycles. The molecule has 2 aliphatic rings. The zero-order chi connectivity index (χ0) is 28.4. The standard InChI is InChI=1S/C20H26N8O10P2/c21-12-3-13(24-6-23-12)36-9-1-8(10(29)2-9)4-34-39-38-16-15(30)11(5-35-40(32)33)37-19(16)28-7-25-14-17(28)26-20(22)27-18(14)31/h3,6-11,15-16,19,29-30,39H,1-2,4-5H2,(H5-,21,22,23,24,26,27,31,32,33)/p+1/t8-,9-,10+,11-,15-,16-,19-/m1/s1. The number of hydrogen-bond donors (Lipinski definition) is 6. The molecule has 2 fully saturated rings. The van der Waals surface area contributed by atoms with Crippen molar-refractivity contribution in [1.29, 1.82) is 0 Å². The molecule has 5 rings (SSSR count). The average molecular weight is 601 g/mol. The Morgan fingerprint density at radius 3 is 2.83 bits per heavy atom. The molecule has 216 valence electrons. The fourth-order valence-corrected chi connectivity index (χ4v) is 5.61. The Kier molecular flexibility index (Phi) is 8.80. The van der Waals surface area contributed by atoms with E-state index in [0.29, 0.717) is 18.7 Å². The van der Waals surface area contributed by atoms with Crippen molar-refractivity contribution < 1.29 is 42.7 Å². The number of imidazole rings is 1. The van der Waals surface area contributed by atoms with Gasteiger partial charge in [0.1, 0.15) is 43.2 Å². The number of nitrogen functional groups attached to an aromatic ring is 2. The van der Waals surface area contributed by atoms with Crippen LogP contribution in [0.5, 0.6) is 5.88 Å². The lowest BCUT2D eigenvalue weighted by Crippen LogP contribution is -2.34. The van der Waals surface area contributed by atoms with Gasteiger partial charge in [-0.3, -0.25) is 14.3 Å². The Hall–Kier alpha value is -2.92. The van der Waals surface area contributed by atoms with E-state index in [9.17, 15) is 19.6 Å². The highest BCUT2D eigenvalue weighted by atomic mass is 31.1. The van der Waals surface area contributed by atoms with Crippen molar-refractivity contribution >= 4 is 40.2 Å². The zero-order valence-electron chi connectivity index (χ0n) is 20.6. The van der Waals surface area contributed by atoms with E-state index in [1.807, 2.05) is 0 Å². The van der Waals surface area contributed by atoms with Crippen LogP contribution in [-0.2, 0) is 22.9 Å². The molecule has 1 aliphatic carbocycles. The zero-order valence-corrected chi connectivity index (χ0v) is 22.5. The summed E-state index contributed by atoms with van der Waals surface area (Å²) in [6, 6.07) is 1.50. The molecule has 20 heteroatoms. The molecule has 40 heavy (non-hydrogen) atoms. The third-order valence-electron chi connectivity index (χ3n) is 6.49. The van der Waals surface area contributed by atoms with Gasteiger partial charge in [-0.15, -0.1) is 9.42 Å². The molecule has 18 nitrogen and oxygen atoms in total. The van der Waals surface area contributed by atoms with E-state index in [1.165, 1.54) is 23.3 Å². The van der Waals surface area contributed by atoms with Gasteiger partial charge in [0.25, 0.3) is 5.56 Å². The molecule has 2 unspecified atom stereocenters. The summed E-state index contributed by atoms with van der Waals surface area (Å²) in [6.45, 7) is -0.275. The molecular weight excluding hydrogens is 574 g/mol. The minimum Gasteiger partial charge on any atom is -0.474 e. The molecule has 0 amide bonds. The summed E-state index contributed by atoms with van der Waals surface area (Å²) < 4.78 is 40.3. The van der Waals surface area contributed by atoms with Crippen molar-refractivity contribution in [3.63, 3.8) is 0 Å². The second-order valence-electron chi connectivity index (χ2n) is 9.16. The van der Waals surface area contributed by atoms with Crippen LogP contribution in [0.3, 0.4) is 0 Å². The van der Waals surface area contributed by atoms with E-state index < -0.39 is 60.1 Å². The number of fused-ring (bicyclic) bond motifs is 1. The minimum atomic E-state index is -2.94. The van der Waals surface area contributed by atoms with E-state index in [1.54, 1.807) is 0 Å². The van der Waals surface area contributed by atoms with Crippen molar-refractivity contribution in [2.24, 2.45) is 5.92 Å². The van der Waals surface area contributed by atoms with Gasteiger partial charge in [-0.2, -0.15) is 4.98 Å². The number of aromatic nitrogens is 6. The lowest BCUT2D eigenvalue weighted by molar-refractivity contribution is -0.0447. The van der Waals surface area contributed by atoms with Crippen molar-refractivity contribution in [1.82, 2.24) is 29.5 Å². The average Bonchev–Trinajstić information content (AvgIpc) is 3.56. The fraction of sp³-hybridized carbons (Fsp3) is 0.550. The van der Waals surface area contributed by atoms with E-state index in [0.717, 1.165) is 0 Å². The number of ether oxygens (including phenoxy) is 2. The number of nitrogens with one attached hydrogen (secondary N) is 1. The first-order valence-electron chi connectivity index (χ1n) is 12.0. The normalized spacial score (nSPS) is 29.1. The van der Waals surface area contributed by atoms with Crippen LogP contribution in [0.4, 0.5) is 11.8 Å². The molecule has 0 aromatic carbocycles. The smallest absolute Gasteiger partial charge is 0.474 e. The Labute approximate surface area is 227 Å². The number of aliphatic hydroxyl groups is 2. The Balaban J connectivity index is 1.22. The fourth-order valence-electron chi connectivity index (χ4n) is 4.62. The Bertz CT molecular complexity index is 1410. The lowest BCUT2D eigenvalue weighted by atomic mass is 10.1. The summed E-state index contributed by atoms with van der Waals surface area (Å²) in [5.74, 6) is 0.178. The minimum absolute atomic E-state index is 0.0143. The van der Waals surface area contributed by atoms with Crippen LogP contribution in [0.2, 0.25) is 0 Å². The second kappa shape index (κ2) is 12.3. The van der Waals surface area contributed by atoms with Crippen LogP contribution < -0.4 is 21.8 Å². The first-order valence-corrected chi connectivity index (χ1v) is 13.9. The van der Waals surface area contributed by atoms with E-state index in [2.05, 4.69) is 24.9 Å². The molecule has 4 heterocycles. The van der Waals surface area contributed by atoms with Gasteiger partial charge >= 0.3 is 8.25 Å². The predicted octanol–water partition coefficient (Wildman–Crippen LogP) is -0.873. The number of rotatable bonds is 11. The van der Waals surface area contributed by atoms with E-state index in [-0.39, 0.29) is 41.6 Å². The van der Waals surface area contributed by atoms with Crippen LogP contribution in [0.1, 0.15) is 19.1 Å². The maximum Gasteiger partial charge on any atom is 0.694 e. The summed E-state index contributed by atoms with van der Waals surface area (Å²) in [4.78, 5) is 39.5. The molecule has 3 aromatic heterocycles. The van der Waals surface area contributed by atoms with Gasteiger partial charge in [-0.05, 0) is 6.42 Å². The topological polar surface area (TPSA) is 265 Å². The molecule has 0 spiro atoms. The number of H-pyrrole nitrogens is 1. The summed E-state index contributed by atoms with van der Waals surface area (Å²) in [5, 5.41) is 21.3. The van der Waals surface area contributed by atoms with Gasteiger partial charge in [-0.1, -0.05) is 0 Å². The summed E-state index contributed by atoms with van der Waals surface area (Å²) in [6.07, 6.45) is -2.06. The molecule has 1 saturated carbocycles.